The standard InChI is InChI=1S/C33H37N5O3/c1-24-8-5-6-11-26(24)20-36-17-13-27(28(21-36)25-9-3-2-4-10-25)31(39)37-18-14-33(41,15-19-37)22-38-23-35-29-12-7-16-34-30(29)32(38)40/h2-12,16,23,27-28,41H,13-15,17-22H2,1H3/t27-,28+/m1/s1. The predicted octanol–water partition coefficient (Wildman–Crippen LogP) is 3.76. The summed E-state index contributed by atoms with van der Waals surface area (Å²) in [4.78, 5) is 39.8. The molecule has 2 aromatic carbocycles. The smallest absolute Gasteiger partial charge is 0.279 e. The fourth-order valence-corrected chi connectivity index (χ4v) is 6.48. The van der Waals surface area contributed by atoms with Crippen LogP contribution in [0.3, 0.4) is 0 Å². The van der Waals surface area contributed by atoms with Crippen LogP contribution in [-0.4, -0.2) is 67.1 Å². The number of aromatic nitrogens is 3. The van der Waals surface area contributed by atoms with E-state index in [1.807, 2.05) is 11.0 Å². The second kappa shape index (κ2) is 11.5. The van der Waals surface area contributed by atoms with Crippen LogP contribution < -0.4 is 5.56 Å². The molecule has 2 aliphatic rings. The van der Waals surface area contributed by atoms with Crippen molar-refractivity contribution in [1.82, 2.24) is 24.3 Å². The quantitative estimate of drug-likeness (QED) is 0.393. The number of amides is 1. The zero-order valence-corrected chi connectivity index (χ0v) is 23.5. The number of pyridine rings is 1. The average Bonchev–Trinajstić information content (AvgIpc) is 3.00. The molecule has 2 fully saturated rings. The number of hydrogen-bond acceptors (Lipinski definition) is 6. The van der Waals surface area contributed by atoms with Crippen molar-refractivity contribution in [2.75, 3.05) is 26.2 Å². The molecule has 0 radical (unpaired) electrons. The molecule has 41 heavy (non-hydrogen) atoms. The van der Waals surface area contributed by atoms with Crippen LogP contribution in [0.5, 0.6) is 0 Å². The number of hydrogen-bond donors (Lipinski definition) is 1. The van der Waals surface area contributed by atoms with Crippen molar-refractivity contribution in [3.05, 3.63) is 106 Å². The van der Waals surface area contributed by atoms with Crippen molar-refractivity contribution in [3.8, 4) is 0 Å². The third kappa shape index (κ3) is 5.80. The summed E-state index contributed by atoms with van der Waals surface area (Å²) in [5.41, 5.74) is 3.32. The summed E-state index contributed by atoms with van der Waals surface area (Å²) in [5, 5.41) is 11.4. The van der Waals surface area contributed by atoms with E-state index < -0.39 is 5.60 Å². The number of aryl methyl sites for hydroxylation is 1. The van der Waals surface area contributed by atoms with Crippen LogP contribution in [0.25, 0.3) is 11.0 Å². The highest BCUT2D eigenvalue weighted by molar-refractivity contribution is 5.80. The molecule has 6 rings (SSSR count). The molecule has 4 heterocycles. The van der Waals surface area contributed by atoms with Crippen LogP contribution >= 0.6 is 0 Å². The van der Waals surface area contributed by atoms with E-state index in [1.54, 1.807) is 18.3 Å². The molecule has 0 bridgehead atoms. The Morgan fingerprint density at radius 1 is 0.976 bits per heavy atom. The van der Waals surface area contributed by atoms with Gasteiger partial charge in [0.25, 0.3) is 5.56 Å². The topological polar surface area (TPSA) is 91.6 Å². The first-order valence-electron chi connectivity index (χ1n) is 14.5. The normalized spacial score (nSPS) is 21.2. The monoisotopic (exact) mass is 551 g/mol. The molecule has 2 aromatic heterocycles. The van der Waals surface area contributed by atoms with Gasteiger partial charge in [0, 0.05) is 44.2 Å². The molecule has 4 aromatic rings. The number of piperidine rings is 2. The second-order valence-electron chi connectivity index (χ2n) is 11.7. The average molecular weight is 552 g/mol. The number of benzene rings is 2. The van der Waals surface area contributed by atoms with Gasteiger partial charge in [-0.25, -0.2) is 9.97 Å². The van der Waals surface area contributed by atoms with Gasteiger partial charge in [-0.3, -0.25) is 19.1 Å². The van der Waals surface area contributed by atoms with E-state index in [0.717, 1.165) is 26.1 Å². The summed E-state index contributed by atoms with van der Waals surface area (Å²) in [6.07, 6.45) is 4.68. The van der Waals surface area contributed by atoms with Crippen LogP contribution in [0.15, 0.2) is 84.0 Å². The Morgan fingerprint density at radius 2 is 1.73 bits per heavy atom. The number of fused-ring (bicyclic) bond motifs is 1. The minimum absolute atomic E-state index is 0.102. The Kier molecular flexibility index (Phi) is 7.69. The number of aliphatic hydroxyl groups is 1. The number of rotatable bonds is 6. The van der Waals surface area contributed by atoms with Crippen molar-refractivity contribution in [3.63, 3.8) is 0 Å². The molecule has 2 saturated heterocycles. The second-order valence-corrected chi connectivity index (χ2v) is 11.7. The Hall–Kier alpha value is -3.88. The summed E-state index contributed by atoms with van der Waals surface area (Å²) in [7, 11) is 0. The van der Waals surface area contributed by atoms with Crippen molar-refractivity contribution in [2.24, 2.45) is 5.92 Å². The van der Waals surface area contributed by atoms with Crippen LogP contribution in [0, 0.1) is 12.8 Å². The first kappa shape index (κ1) is 27.3. The minimum Gasteiger partial charge on any atom is -0.388 e. The molecule has 1 amide bonds. The Balaban J connectivity index is 1.14. The van der Waals surface area contributed by atoms with Gasteiger partial charge in [0.2, 0.25) is 5.91 Å². The lowest BCUT2D eigenvalue weighted by Crippen LogP contribution is -2.53. The maximum Gasteiger partial charge on any atom is 0.279 e. The largest absolute Gasteiger partial charge is 0.388 e. The molecule has 0 unspecified atom stereocenters. The molecule has 2 atom stereocenters. The van der Waals surface area contributed by atoms with E-state index in [1.165, 1.54) is 27.6 Å². The zero-order valence-electron chi connectivity index (χ0n) is 23.5. The highest BCUT2D eigenvalue weighted by Gasteiger charge is 2.40. The Labute approximate surface area is 240 Å². The molecule has 8 heteroatoms. The maximum absolute atomic E-state index is 14.0. The third-order valence-corrected chi connectivity index (χ3v) is 8.95. The minimum atomic E-state index is -1.08. The molecule has 0 spiro atoms. The predicted molar refractivity (Wildman–Crippen MR) is 158 cm³/mol. The summed E-state index contributed by atoms with van der Waals surface area (Å²) in [6, 6.07) is 22.4. The van der Waals surface area contributed by atoms with Gasteiger partial charge in [0.15, 0.2) is 5.52 Å². The van der Waals surface area contributed by atoms with Gasteiger partial charge < -0.3 is 10.0 Å². The molecule has 1 N–H and O–H groups in total. The van der Waals surface area contributed by atoms with Crippen LogP contribution in [-0.2, 0) is 17.9 Å². The third-order valence-electron chi connectivity index (χ3n) is 8.95. The lowest BCUT2D eigenvalue weighted by Gasteiger charge is -2.43. The number of carbonyl (C=O) groups is 1. The molecule has 8 nitrogen and oxygen atoms in total. The summed E-state index contributed by atoms with van der Waals surface area (Å²) in [5.74, 6) is 0.178. The first-order chi connectivity index (χ1) is 19.9. The van der Waals surface area contributed by atoms with Gasteiger partial charge in [0.05, 0.1) is 24.0 Å². The fraction of sp³-hybridized carbons (Fsp3) is 0.394. The summed E-state index contributed by atoms with van der Waals surface area (Å²) < 4.78 is 1.45. The number of nitrogens with zero attached hydrogens (tertiary/aromatic N) is 5. The lowest BCUT2D eigenvalue weighted by atomic mass is 9.79. The fourth-order valence-electron chi connectivity index (χ4n) is 6.48. The van der Waals surface area contributed by atoms with Crippen molar-refractivity contribution < 1.29 is 9.90 Å². The lowest BCUT2D eigenvalue weighted by molar-refractivity contribution is -0.142. The van der Waals surface area contributed by atoms with Crippen LogP contribution in [0.2, 0.25) is 0 Å². The molecule has 0 saturated carbocycles. The summed E-state index contributed by atoms with van der Waals surface area (Å²) in [6.45, 7) is 5.81. The van der Waals surface area contributed by atoms with E-state index in [4.69, 9.17) is 0 Å². The van der Waals surface area contributed by atoms with E-state index in [9.17, 15) is 14.7 Å². The molecular weight excluding hydrogens is 514 g/mol. The first-order valence-corrected chi connectivity index (χ1v) is 14.5. The van der Waals surface area contributed by atoms with Crippen molar-refractivity contribution in [1.29, 1.82) is 0 Å². The number of carbonyl (C=O) groups excluding carboxylic acids is 1. The summed E-state index contributed by atoms with van der Waals surface area (Å²) >= 11 is 0. The van der Waals surface area contributed by atoms with Crippen LogP contribution in [0.1, 0.15) is 41.9 Å². The molecule has 0 aliphatic carbocycles. The van der Waals surface area contributed by atoms with Crippen LogP contribution in [0.4, 0.5) is 0 Å². The molecular formula is C33H37N5O3. The van der Waals surface area contributed by atoms with E-state index in [2.05, 4.69) is 70.3 Å². The number of likely N-dealkylation sites (tertiary alicyclic amines) is 2. The van der Waals surface area contributed by atoms with E-state index in [0.29, 0.717) is 37.0 Å². The van der Waals surface area contributed by atoms with E-state index in [-0.39, 0.29) is 29.8 Å². The Morgan fingerprint density at radius 3 is 2.51 bits per heavy atom. The van der Waals surface area contributed by atoms with Gasteiger partial charge in [-0.1, -0.05) is 54.6 Å². The Bertz CT molecular complexity index is 1580. The maximum atomic E-state index is 14.0. The van der Waals surface area contributed by atoms with E-state index >= 15 is 0 Å². The van der Waals surface area contributed by atoms with Gasteiger partial charge in [-0.05, 0) is 61.6 Å². The highest BCUT2D eigenvalue weighted by atomic mass is 16.3. The van der Waals surface area contributed by atoms with Crippen molar-refractivity contribution in [2.45, 2.75) is 50.8 Å². The van der Waals surface area contributed by atoms with Crippen molar-refractivity contribution >= 4 is 16.9 Å². The van der Waals surface area contributed by atoms with Gasteiger partial charge in [-0.2, -0.15) is 0 Å². The van der Waals surface area contributed by atoms with Gasteiger partial charge in [0.1, 0.15) is 0 Å². The molecule has 212 valence electrons. The molecule has 2 aliphatic heterocycles. The highest BCUT2D eigenvalue weighted by Crippen LogP contribution is 2.36. The zero-order chi connectivity index (χ0) is 28.4. The van der Waals surface area contributed by atoms with Gasteiger partial charge >= 0.3 is 0 Å². The van der Waals surface area contributed by atoms with Gasteiger partial charge in [-0.15, -0.1) is 0 Å². The SMILES string of the molecule is Cc1ccccc1CN1CC[C@@H](C(=O)N2CCC(O)(Cn3cnc4cccnc4c3=O)CC2)[C@H](c2ccccc2)C1.